The van der Waals surface area contributed by atoms with Gasteiger partial charge in [0, 0.05) is 4.90 Å². The first kappa shape index (κ1) is 13.4. The van der Waals surface area contributed by atoms with Crippen molar-refractivity contribution in [2.45, 2.75) is 17.1 Å². The number of rotatable bonds is 3. The Morgan fingerprint density at radius 3 is 2.53 bits per heavy atom. The minimum Gasteiger partial charge on any atom is -0.351 e. The topological polar surface area (TPSA) is 72.2 Å². The Morgan fingerprint density at radius 2 is 2.00 bits per heavy atom. The molecule has 1 atom stereocenters. The Morgan fingerprint density at radius 1 is 1.35 bits per heavy atom. The molecule has 1 aromatic rings. The summed E-state index contributed by atoms with van der Waals surface area (Å²) in [5.74, 6) is -2.53. The van der Waals surface area contributed by atoms with E-state index in [-0.39, 0.29) is 0 Å². The Balaban J connectivity index is 2.67. The number of nitrogens with two attached hydrogens (primary N) is 1. The summed E-state index contributed by atoms with van der Waals surface area (Å²) in [7, 11) is 0. The number of carbonyl (C=O) groups excluding carboxylic acids is 2. The minimum atomic E-state index is -0.988. The van der Waals surface area contributed by atoms with E-state index in [0.717, 1.165) is 23.9 Å². The molecule has 0 saturated heterocycles. The van der Waals surface area contributed by atoms with Gasteiger partial charge in [0.25, 0.3) is 0 Å². The molecule has 17 heavy (non-hydrogen) atoms. The van der Waals surface area contributed by atoms with Crippen molar-refractivity contribution in [3.8, 4) is 0 Å². The number of imide groups is 1. The molecule has 0 aliphatic rings. The monoisotopic (exact) mass is 260 g/mol. The molecule has 0 heterocycles. The number of amides is 3. The fourth-order valence-electron chi connectivity index (χ4n) is 1.03. The molecule has 0 aliphatic heterocycles. The lowest BCUT2D eigenvalue weighted by molar-refractivity contribution is -0.119. The molecule has 0 bridgehead atoms. The van der Waals surface area contributed by atoms with Gasteiger partial charge in [-0.15, -0.1) is 11.8 Å². The second kappa shape index (κ2) is 5.62. The van der Waals surface area contributed by atoms with Crippen LogP contribution in [-0.4, -0.2) is 17.2 Å². The van der Waals surface area contributed by atoms with Crippen molar-refractivity contribution in [3.63, 3.8) is 0 Å². The third-order valence-electron chi connectivity index (χ3n) is 1.82. The van der Waals surface area contributed by atoms with Crippen molar-refractivity contribution < 1.29 is 18.4 Å². The maximum absolute atomic E-state index is 12.9. The maximum Gasteiger partial charge on any atom is 0.318 e. The van der Waals surface area contributed by atoms with E-state index in [9.17, 15) is 18.4 Å². The molecule has 0 unspecified atom stereocenters. The van der Waals surface area contributed by atoms with E-state index in [4.69, 9.17) is 5.73 Å². The van der Waals surface area contributed by atoms with E-state index >= 15 is 0 Å². The summed E-state index contributed by atoms with van der Waals surface area (Å²) in [6, 6.07) is 2.34. The number of carbonyl (C=O) groups is 2. The van der Waals surface area contributed by atoms with Crippen LogP contribution < -0.4 is 11.1 Å². The summed E-state index contributed by atoms with van der Waals surface area (Å²) in [4.78, 5) is 22.1. The molecule has 0 fully saturated rings. The van der Waals surface area contributed by atoms with Crippen LogP contribution in [0.25, 0.3) is 0 Å². The number of thioether (sulfide) groups is 1. The third-order valence-corrected chi connectivity index (χ3v) is 2.91. The molecule has 0 spiro atoms. The molecule has 92 valence electrons. The summed E-state index contributed by atoms with van der Waals surface area (Å²) in [5, 5.41) is 1.25. The second-order valence-electron chi connectivity index (χ2n) is 3.19. The fraction of sp³-hybridized carbons (Fsp3) is 0.200. The lowest BCUT2D eigenvalue weighted by Gasteiger charge is -2.09. The molecule has 1 rings (SSSR count). The van der Waals surface area contributed by atoms with Gasteiger partial charge in [-0.3, -0.25) is 10.1 Å². The highest BCUT2D eigenvalue weighted by Crippen LogP contribution is 2.24. The lowest BCUT2D eigenvalue weighted by Crippen LogP contribution is -2.39. The number of halogens is 2. The van der Waals surface area contributed by atoms with Crippen molar-refractivity contribution >= 4 is 23.7 Å². The number of benzene rings is 1. The molecule has 1 aromatic carbocycles. The standard InChI is InChI=1S/C10H10F2N2O2S/c1-5(9(15)14-10(13)16)17-6-2-3-7(11)8(12)4-6/h2-5H,1H3,(H3,13,14,15,16)/t5-/m0/s1. The van der Waals surface area contributed by atoms with Gasteiger partial charge in [-0.25, -0.2) is 13.6 Å². The Labute approximate surface area is 101 Å². The predicted octanol–water partition coefficient (Wildman–Crippen LogP) is 1.64. The number of primary amides is 1. The van der Waals surface area contributed by atoms with E-state index in [1.807, 2.05) is 5.32 Å². The van der Waals surface area contributed by atoms with Crippen LogP contribution in [0.15, 0.2) is 23.1 Å². The average molecular weight is 260 g/mol. The van der Waals surface area contributed by atoms with Crippen LogP contribution in [0.3, 0.4) is 0 Å². The second-order valence-corrected chi connectivity index (χ2v) is 4.60. The lowest BCUT2D eigenvalue weighted by atomic mass is 10.3. The van der Waals surface area contributed by atoms with Crippen LogP contribution >= 0.6 is 11.8 Å². The van der Waals surface area contributed by atoms with Gasteiger partial charge in [0.05, 0.1) is 5.25 Å². The van der Waals surface area contributed by atoms with Gasteiger partial charge in [0.2, 0.25) is 5.91 Å². The van der Waals surface area contributed by atoms with Gasteiger partial charge >= 0.3 is 6.03 Å². The van der Waals surface area contributed by atoms with Crippen LogP contribution in [0.5, 0.6) is 0 Å². The van der Waals surface area contributed by atoms with Crippen LogP contribution in [0.2, 0.25) is 0 Å². The van der Waals surface area contributed by atoms with Gasteiger partial charge in [-0.05, 0) is 25.1 Å². The van der Waals surface area contributed by atoms with Gasteiger partial charge in [0.15, 0.2) is 11.6 Å². The number of nitrogens with one attached hydrogen (secondary N) is 1. The third kappa shape index (κ3) is 4.03. The van der Waals surface area contributed by atoms with E-state index in [2.05, 4.69) is 0 Å². The van der Waals surface area contributed by atoms with Crippen molar-refractivity contribution in [2.24, 2.45) is 5.73 Å². The minimum absolute atomic E-state index is 0.385. The smallest absolute Gasteiger partial charge is 0.318 e. The molecular formula is C10H10F2N2O2S. The molecule has 0 aliphatic carbocycles. The Bertz CT molecular complexity index is 454. The fourth-order valence-corrected chi connectivity index (χ4v) is 1.92. The summed E-state index contributed by atoms with van der Waals surface area (Å²) in [5.41, 5.74) is 4.78. The van der Waals surface area contributed by atoms with Crippen molar-refractivity contribution in [1.29, 1.82) is 0 Å². The summed E-state index contributed by atoms with van der Waals surface area (Å²) in [6.45, 7) is 1.52. The normalized spacial score (nSPS) is 11.9. The number of hydrogen-bond donors (Lipinski definition) is 2. The van der Waals surface area contributed by atoms with Crippen LogP contribution in [0, 0.1) is 11.6 Å². The Kier molecular flexibility index (Phi) is 4.45. The molecule has 4 nitrogen and oxygen atoms in total. The molecule has 3 N–H and O–H groups in total. The molecule has 0 aromatic heterocycles. The first-order valence-corrected chi connectivity index (χ1v) is 5.50. The van der Waals surface area contributed by atoms with Gasteiger partial charge in [-0.2, -0.15) is 0 Å². The molecule has 7 heteroatoms. The van der Waals surface area contributed by atoms with Crippen molar-refractivity contribution in [3.05, 3.63) is 29.8 Å². The quantitative estimate of drug-likeness (QED) is 0.811. The zero-order chi connectivity index (χ0) is 13.0. The SMILES string of the molecule is C[C@H](Sc1ccc(F)c(F)c1)C(=O)NC(N)=O. The number of hydrogen-bond acceptors (Lipinski definition) is 3. The first-order chi connectivity index (χ1) is 7.90. The van der Waals surface area contributed by atoms with E-state index in [0.29, 0.717) is 4.90 Å². The maximum atomic E-state index is 12.9. The largest absolute Gasteiger partial charge is 0.351 e. The molecular weight excluding hydrogens is 250 g/mol. The van der Waals surface area contributed by atoms with Crippen molar-refractivity contribution in [1.82, 2.24) is 5.32 Å². The predicted molar refractivity (Wildman–Crippen MR) is 59.4 cm³/mol. The summed E-state index contributed by atoms with van der Waals surface area (Å²) >= 11 is 0.990. The zero-order valence-electron chi connectivity index (χ0n) is 8.87. The van der Waals surface area contributed by atoms with Crippen molar-refractivity contribution in [2.75, 3.05) is 0 Å². The van der Waals surface area contributed by atoms with Gasteiger partial charge in [-0.1, -0.05) is 0 Å². The molecule has 3 amide bonds. The van der Waals surface area contributed by atoms with Gasteiger partial charge in [0.1, 0.15) is 0 Å². The molecule has 0 saturated carbocycles. The molecule has 0 radical (unpaired) electrons. The van der Waals surface area contributed by atoms with E-state index in [1.165, 1.54) is 13.0 Å². The number of urea groups is 1. The summed E-state index contributed by atoms with van der Waals surface area (Å²) < 4.78 is 25.5. The van der Waals surface area contributed by atoms with Gasteiger partial charge < -0.3 is 5.73 Å². The highest BCUT2D eigenvalue weighted by molar-refractivity contribution is 8.00. The Hall–Kier alpha value is -1.63. The van der Waals surface area contributed by atoms with Crippen LogP contribution in [-0.2, 0) is 4.79 Å². The van der Waals surface area contributed by atoms with Crippen LogP contribution in [0.4, 0.5) is 13.6 Å². The highest BCUT2D eigenvalue weighted by atomic mass is 32.2. The average Bonchev–Trinajstić information content (AvgIpc) is 2.22. The van der Waals surface area contributed by atoms with E-state index < -0.39 is 28.8 Å². The van der Waals surface area contributed by atoms with E-state index in [1.54, 1.807) is 0 Å². The first-order valence-electron chi connectivity index (χ1n) is 4.62. The zero-order valence-corrected chi connectivity index (χ0v) is 9.68. The van der Waals surface area contributed by atoms with Crippen LogP contribution in [0.1, 0.15) is 6.92 Å². The highest BCUT2D eigenvalue weighted by Gasteiger charge is 2.16. The summed E-state index contributed by atoms with van der Waals surface area (Å²) in [6.07, 6.45) is 0.